The molecule has 0 bridgehead atoms. The van der Waals surface area contributed by atoms with E-state index in [-0.39, 0.29) is 23.9 Å². The largest absolute Gasteiger partial charge is 0.391 e. The first-order chi connectivity index (χ1) is 12.1. The molecule has 3 aliphatic rings. The number of rotatable bonds is 2. The van der Waals surface area contributed by atoms with Crippen molar-refractivity contribution < 1.29 is 14.7 Å². The van der Waals surface area contributed by atoms with Gasteiger partial charge in [0, 0.05) is 24.7 Å². The van der Waals surface area contributed by atoms with Gasteiger partial charge in [0.15, 0.2) is 0 Å². The maximum absolute atomic E-state index is 13.2. The Morgan fingerprint density at radius 1 is 1.04 bits per heavy atom. The van der Waals surface area contributed by atoms with Crippen LogP contribution in [0.4, 0.5) is 0 Å². The number of benzene rings is 1. The third-order valence-corrected chi connectivity index (χ3v) is 6.10. The van der Waals surface area contributed by atoms with E-state index in [4.69, 9.17) is 0 Å². The van der Waals surface area contributed by atoms with Crippen LogP contribution in [0.1, 0.15) is 48.9 Å². The number of aliphatic hydroxyl groups is 1. The second-order valence-electron chi connectivity index (χ2n) is 7.67. The van der Waals surface area contributed by atoms with E-state index in [1.165, 1.54) is 6.42 Å². The van der Waals surface area contributed by atoms with Crippen molar-refractivity contribution in [3.63, 3.8) is 0 Å². The SMILES string of the molecule is O=C(C1CC2CCCCC2N1C(=O)c1ccccc1)N1CC[C@H](O)C1. The van der Waals surface area contributed by atoms with Gasteiger partial charge in [-0.05, 0) is 43.7 Å². The highest BCUT2D eigenvalue weighted by Gasteiger charge is 2.49. The number of hydrogen-bond acceptors (Lipinski definition) is 3. The van der Waals surface area contributed by atoms with Crippen LogP contribution in [0, 0.1) is 5.92 Å². The topological polar surface area (TPSA) is 60.9 Å². The second-order valence-corrected chi connectivity index (χ2v) is 7.67. The van der Waals surface area contributed by atoms with Gasteiger partial charge in [-0.1, -0.05) is 31.0 Å². The summed E-state index contributed by atoms with van der Waals surface area (Å²) in [6, 6.07) is 9.12. The van der Waals surface area contributed by atoms with E-state index in [0.29, 0.717) is 31.0 Å². The molecule has 1 N–H and O–H groups in total. The van der Waals surface area contributed by atoms with E-state index in [9.17, 15) is 14.7 Å². The van der Waals surface area contributed by atoms with Crippen LogP contribution in [0.2, 0.25) is 0 Å². The fourth-order valence-electron chi connectivity index (χ4n) is 4.86. The summed E-state index contributed by atoms with van der Waals surface area (Å²) in [5, 5.41) is 9.78. The van der Waals surface area contributed by atoms with Gasteiger partial charge in [-0.2, -0.15) is 0 Å². The number of likely N-dealkylation sites (tertiary alicyclic amines) is 2. The molecule has 4 rings (SSSR count). The Hall–Kier alpha value is -1.88. The minimum atomic E-state index is -0.425. The molecule has 5 nitrogen and oxygen atoms in total. The molecule has 1 aliphatic carbocycles. The number of carbonyl (C=O) groups excluding carboxylic acids is 2. The van der Waals surface area contributed by atoms with Crippen molar-refractivity contribution >= 4 is 11.8 Å². The van der Waals surface area contributed by atoms with E-state index in [1.807, 2.05) is 35.2 Å². The van der Waals surface area contributed by atoms with E-state index < -0.39 is 6.10 Å². The Kier molecular flexibility index (Phi) is 4.50. The van der Waals surface area contributed by atoms with Gasteiger partial charge in [0.25, 0.3) is 5.91 Å². The highest BCUT2D eigenvalue weighted by Crippen LogP contribution is 2.41. The van der Waals surface area contributed by atoms with Gasteiger partial charge in [-0.3, -0.25) is 9.59 Å². The molecule has 3 unspecified atom stereocenters. The smallest absolute Gasteiger partial charge is 0.254 e. The van der Waals surface area contributed by atoms with Crippen LogP contribution in [-0.2, 0) is 4.79 Å². The monoisotopic (exact) mass is 342 g/mol. The summed E-state index contributed by atoms with van der Waals surface area (Å²) in [5.74, 6) is 0.436. The molecule has 2 heterocycles. The number of nitrogens with zero attached hydrogens (tertiary/aromatic N) is 2. The van der Waals surface area contributed by atoms with Gasteiger partial charge in [-0.25, -0.2) is 0 Å². The number of aliphatic hydroxyl groups excluding tert-OH is 1. The molecule has 0 aromatic heterocycles. The molecule has 3 fully saturated rings. The predicted molar refractivity (Wildman–Crippen MR) is 94.0 cm³/mol. The number of carbonyl (C=O) groups is 2. The summed E-state index contributed by atoms with van der Waals surface area (Å²) < 4.78 is 0. The van der Waals surface area contributed by atoms with Gasteiger partial charge < -0.3 is 14.9 Å². The number of amides is 2. The third kappa shape index (κ3) is 3.06. The molecular formula is C20H26N2O3. The van der Waals surface area contributed by atoms with Crippen molar-refractivity contribution in [2.45, 2.75) is 56.7 Å². The summed E-state index contributed by atoms with van der Waals surface area (Å²) >= 11 is 0. The van der Waals surface area contributed by atoms with Gasteiger partial charge >= 0.3 is 0 Å². The standard InChI is InChI=1S/C20H26N2O3/c23-16-10-11-21(13-16)20(25)18-12-15-8-4-5-9-17(15)22(18)19(24)14-6-2-1-3-7-14/h1-3,6-7,15-18,23H,4-5,8-13H2/t15?,16-,17?,18?/m0/s1. The first-order valence-corrected chi connectivity index (χ1v) is 9.49. The summed E-state index contributed by atoms with van der Waals surface area (Å²) in [6.07, 6.45) is 5.41. The molecule has 5 heteroatoms. The van der Waals surface area contributed by atoms with Crippen molar-refractivity contribution in [2.75, 3.05) is 13.1 Å². The maximum Gasteiger partial charge on any atom is 0.254 e. The molecule has 4 atom stereocenters. The highest BCUT2D eigenvalue weighted by atomic mass is 16.3. The third-order valence-electron chi connectivity index (χ3n) is 6.10. The minimum Gasteiger partial charge on any atom is -0.391 e. The average Bonchev–Trinajstić information content (AvgIpc) is 3.25. The molecule has 134 valence electrons. The van der Waals surface area contributed by atoms with E-state index in [1.54, 1.807) is 4.90 Å². The first kappa shape index (κ1) is 16.6. The molecule has 2 amide bonds. The van der Waals surface area contributed by atoms with Crippen molar-refractivity contribution in [3.8, 4) is 0 Å². The molecular weight excluding hydrogens is 316 g/mol. The number of fused-ring (bicyclic) bond motifs is 1. The first-order valence-electron chi connectivity index (χ1n) is 9.49. The summed E-state index contributed by atoms with van der Waals surface area (Å²) in [6.45, 7) is 0.997. The number of hydrogen-bond donors (Lipinski definition) is 1. The lowest BCUT2D eigenvalue weighted by atomic mass is 9.84. The molecule has 25 heavy (non-hydrogen) atoms. The fraction of sp³-hybridized carbons (Fsp3) is 0.600. The predicted octanol–water partition coefficient (Wildman–Crippen LogP) is 2.05. The van der Waals surface area contributed by atoms with Gasteiger partial charge in [-0.15, -0.1) is 0 Å². The van der Waals surface area contributed by atoms with Gasteiger partial charge in [0.05, 0.1) is 6.10 Å². The molecule has 1 aromatic rings. The van der Waals surface area contributed by atoms with Crippen LogP contribution in [0.3, 0.4) is 0 Å². The molecule has 2 aliphatic heterocycles. The molecule has 2 saturated heterocycles. The fourth-order valence-corrected chi connectivity index (χ4v) is 4.86. The van der Waals surface area contributed by atoms with Gasteiger partial charge in [0.1, 0.15) is 6.04 Å². The molecule has 0 radical (unpaired) electrons. The Labute approximate surface area is 148 Å². The van der Waals surface area contributed by atoms with E-state index in [2.05, 4.69) is 0 Å². The summed E-state index contributed by atoms with van der Waals surface area (Å²) in [4.78, 5) is 29.9. The zero-order valence-electron chi connectivity index (χ0n) is 14.5. The maximum atomic E-state index is 13.2. The Morgan fingerprint density at radius 2 is 1.80 bits per heavy atom. The zero-order chi connectivity index (χ0) is 17.4. The van der Waals surface area contributed by atoms with Crippen molar-refractivity contribution in [1.82, 2.24) is 9.80 Å². The van der Waals surface area contributed by atoms with E-state index >= 15 is 0 Å². The van der Waals surface area contributed by atoms with Crippen LogP contribution < -0.4 is 0 Å². The van der Waals surface area contributed by atoms with Crippen molar-refractivity contribution in [2.24, 2.45) is 5.92 Å². The lowest BCUT2D eigenvalue weighted by molar-refractivity contribution is -0.135. The van der Waals surface area contributed by atoms with Crippen LogP contribution in [0.5, 0.6) is 0 Å². The minimum absolute atomic E-state index is 0.0203. The quantitative estimate of drug-likeness (QED) is 0.895. The normalized spacial score (nSPS) is 31.9. The molecule has 0 spiro atoms. The average molecular weight is 342 g/mol. The highest BCUT2D eigenvalue weighted by molar-refractivity contribution is 5.98. The summed E-state index contributed by atoms with van der Waals surface area (Å²) in [7, 11) is 0. The summed E-state index contributed by atoms with van der Waals surface area (Å²) in [5.41, 5.74) is 0.660. The molecule has 1 saturated carbocycles. The lowest BCUT2D eigenvalue weighted by Crippen LogP contribution is -2.50. The van der Waals surface area contributed by atoms with Gasteiger partial charge in [0.2, 0.25) is 5.91 Å². The van der Waals surface area contributed by atoms with E-state index in [0.717, 1.165) is 25.7 Å². The lowest BCUT2D eigenvalue weighted by Gasteiger charge is -2.34. The zero-order valence-corrected chi connectivity index (χ0v) is 14.5. The van der Waals surface area contributed by atoms with Crippen LogP contribution in [0.25, 0.3) is 0 Å². The van der Waals surface area contributed by atoms with Crippen molar-refractivity contribution in [1.29, 1.82) is 0 Å². The number of β-amino-alcohol motifs (C(OH)–C–C–N with tert-alkyl or cyclic N) is 1. The molecule has 1 aromatic carbocycles. The Balaban J connectivity index is 1.61. The van der Waals surface area contributed by atoms with Crippen molar-refractivity contribution in [3.05, 3.63) is 35.9 Å². The van der Waals surface area contributed by atoms with Crippen LogP contribution >= 0.6 is 0 Å². The van der Waals surface area contributed by atoms with Crippen LogP contribution in [0.15, 0.2) is 30.3 Å². The van der Waals surface area contributed by atoms with Crippen LogP contribution in [-0.4, -0.2) is 58.0 Å². The Morgan fingerprint density at radius 3 is 2.52 bits per heavy atom. The second kappa shape index (κ2) is 6.79. The Bertz CT molecular complexity index is 648.